The van der Waals surface area contributed by atoms with Gasteiger partial charge in [0.2, 0.25) is 0 Å². The van der Waals surface area contributed by atoms with Gasteiger partial charge in [0.25, 0.3) is 5.91 Å². The molecule has 2 aromatic heterocycles. The van der Waals surface area contributed by atoms with Crippen LogP contribution in [0.5, 0.6) is 0 Å². The van der Waals surface area contributed by atoms with E-state index in [1.807, 2.05) is 12.3 Å². The normalized spacial score (nSPS) is 9.81. The maximum Gasteiger partial charge on any atom is 0.252 e. The van der Waals surface area contributed by atoms with Gasteiger partial charge >= 0.3 is 0 Å². The Bertz CT molecular complexity index is 684. The lowest BCUT2D eigenvalue weighted by Gasteiger charge is -2.04. The molecule has 0 aliphatic heterocycles. The number of aryl methyl sites for hydroxylation is 1. The van der Waals surface area contributed by atoms with Crippen molar-refractivity contribution in [2.45, 2.75) is 13.3 Å². The van der Waals surface area contributed by atoms with Crippen molar-refractivity contribution in [1.82, 2.24) is 15.3 Å². The molecule has 0 aliphatic rings. The Hall–Kier alpha value is -2.23. The number of nitrogens with zero attached hydrogens (tertiary/aromatic N) is 2. The molecule has 6 heteroatoms. The van der Waals surface area contributed by atoms with Crippen molar-refractivity contribution < 1.29 is 4.79 Å². The van der Waals surface area contributed by atoms with Crippen LogP contribution in [-0.2, 0) is 6.42 Å². The predicted octanol–water partition coefficient (Wildman–Crippen LogP) is 1.13. The summed E-state index contributed by atoms with van der Waals surface area (Å²) in [4.78, 5) is 20.4. The zero-order chi connectivity index (χ0) is 15.1. The zero-order valence-corrected chi connectivity index (χ0v) is 12.5. The highest BCUT2D eigenvalue weighted by Crippen LogP contribution is 2.08. The van der Waals surface area contributed by atoms with Crippen LogP contribution in [0.4, 0.5) is 0 Å². The summed E-state index contributed by atoms with van der Waals surface area (Å²) in [6.07, 6.45) is 3.86. The van der Waals surface area contributed by atoms with Gasteiger partial charge in [-0.25, -0.2) is 4.98 Å². The van der Waals surface area contributed by atoms with Crippen molar-refractivity contribution >= 4 is 17.2 Å². The van der Waals surface area contributed by atoms with Crippen LogP contribution in [0.3, 0.4) is 0 Å². The maximum absolute atomic E-state index is 12.0. The highest BCUT2D eigenvalue weighted by atomic mass is 32.1. The second kappa shape index (κ2) is 7.53. The fourth-order valence-corrected chi connectivity index (χ4v) is 2.46. The van der Waals surface area contributed by atoms with E-state index in [2.05, 4.69) is 27.1 Å². The van der Waals surface area contributed by atoms with Crippen LogP contribution in [0.2, 0.25) is 0 Å². The van der Waals surface area contributed by atoms with Crippen molar-refractivity contribution in [2.75, 3.05) is 13.1 Å². The van der Waals surface area contributed by atoms with Crippen molar-refractivity contribution in [1.29, 1.82) is 0 Å². The van der Waals surface area contributed by atoms with E-state index in [1.54, 1.807) is 23.6 Å². The number of rotatable bonds is 4. The molecule has 3 N–H and O–H groups in total. The molecule has 0 atom stereocenters. The molecule has 0 saturated carbocycles. The summed E-state index contributed by atoms with van der Waals surface area (Å²) in [5.74, 6) is 5.44. The van der Waals surface area contributed by atoms with Crippen molar-refractivity contribution in [3.63, 3.8) is 0 Å². The maximum atomic E-state index is 12.0. The predicted molar refractivity (Wildman–Crippen MR) is 83.1 cm³/mol. The smallest absolute Gasteiger partial charge is 0.252 e. The van der Waals surface area contributed by atoms with Crippen molar-refractivity contribution in [3.05, 3.63) is 45.7 Å². The fraction of sp³-hybridized carbons (Fsp3) is 0.267. The number of aromatic nitrogens is 2. The van der Waals surface area contributed by atoms with E-state index in [-0.39, 0.29) is 12.5 Å². The Morgan fingerprint density at radius 2 is 2.33 bits per heavy atom. The molecule has 0 unspecified atom stereocenters. The third kappa shape index (κ3) is 4.67. The van der Waals surface area contributed by atoms with Crippen LogP contribution in [-0.4, -0.2) is 29.0 Å². The fourth-order valence-electron chi connectivity index (χ4n) is 1.69. The van der Waals surface area contributed by atoms with Gasteiger partial charge in [-0.2, -0.15) is 0 Å². The summed E-state index contributed by atoms with van der Waals surface area (Å²) in [6.45, 7) is 2.78. The molecule has 0 fully saturated rings. The minimum Gasteiger partial charge on any atom is -0.352 e. The first-order chi connectivity index (χ1) is 10.2. The lowest BCUT2D eigenvalue weighted by atomic mass is 10.2. The number of thiazole rings is 1. The summed E-state index contributed by atoms with van der Waals surface area (Å²) in [5.41, 5.74) is 7.51. The lowest BCUT2D eigenvalue weighted by Crippen LogP contribution is -2.25. The third-order valence-electron chi connectivity index (χ3n) is 2.63. The molecule has 0 aliphatic carbocycles. The number of nitrogens with two attached hydrogens (primary N) is 1. The number of pyridine rings is 1. The number of carbonyl (C=O) groups is 1. The molecule has 2 rings (SSSR count). The van der Waals surface area contributed by atoms with Gasteiger partial charge in [-0.05, 0) is 13.0 Å². The molecule has 0 bridgehead atoms. The molecule has 2 aromatic rings. The van der Waals surface area contributed by atoms with Gasteiger partial charge in [0.15, 0.2) is 0 Å². The molecular weight excluding hydrogens is 284 g/mol. The number of carbonyl (C=O) groups excluding carboxylic acids is 1. The highest BCUT2D eigenvalue weighted by Gasteiger charge is 2.06. The van der Waals surface area contributed by atoms with Crippen LogP contribution >= 0.6 is 11.3 Å². The molecule has 0 radical (unpaired) electrons. The largest absolute Gasteiger partial charge is 0.352 e. The molecule has 0 aromatic carbocycles. The van der Waals surface area contributed by atoms with Crippen LogP contribution < -0.4 is 11.1 Å². The van der Waals surface area contributed by atoms with Crippen LogP contribution in [0.15, 0.2) is 23.8 Å². The number of hydrogen-bond donors (Lipinski definition) is 2. The SMILES string of the molecule is Cc1csc(CCNC(=O)c2cncc(C#CCN)c2)n1. The third-order valence-corrected chi connectivity index (χ3v) is 3.65. The van der Waals surface area contributed by atoms with Gasteiger partial charge < -0.3 is 11.1 Å². The molecule has 5 nitrogen and oxygen atoms in total. The molecule has 21 heavy (non-hydrogen) atoms. The first-order valence-electron chi connectivity index (χ1n) is 6.52. The Morgan fingerprint density at radius 3 is 3.05 bits per heavy atom. The quantitative estimate of drug-likeness (QED) is 0.829. The van der Waals surface area contributed by atoms with E-state index in [4.69, 9.17) is 5.73 Å². The van der Waals surface area contributed by atoms with Crippen LogP contribution in [0, 0.1) is 18.8 Å². The van der Waals surface area contributed by atoms with Crippen molar-refractivity contribution in [3.8, 4) is 11.8 Å². The van der Waals surface area contributed by atoms with Crippen molar-refractivity contribution in [2.24, 2.45) is 5.73 Å². The number of hydrogen-bond acceptors (Lipinski definition) is 5. The molecule has 0 saturated heterocycles. The summed E-state index contributed by atoms with van der Waals surface area (Å²) in [5, 5.41) is 5.88. The monoisotopic (exact) mass is 300 g/mol. The van der Waals surface area contributed by atoms with Gasteiger partial charge in [-0.1, -0.05) is 11.8 Å². The van der Waals surface area contributed by atoms with E-state index in [0.29, 0.717) is 17.7 Å². The highest BCUT2D eigenvalue weighted by molar-refractivity contribution is 7.09. The minimum atomic E-state index is -0.160. The summed E-state index contributed by atoms with van der Waals surface area (Å²) >= 11 is 1.60. The summed E-state index contributed by atoms with van der Waals surface area (Å²) < 4.78 is 0. The number of nitrogens with one attached hydrogen (secondary N) is 1. The van der Waals surface area contributed by atoms with Crippen LogP contribution in [0.1, 0.15) is 26.6 Å². The average Bonchev–Trinajstić information content (AvgIpc) is 2.91. The van der Waals surface area contributed by atoms with E-state index >= 15 is 0 Å². The van der Waals surface area contributed by atoms with E-state index in [9.17, 15) is 4.79 Å². The van der Waals surface area contributed by atoms with Gasteiger partial charge in [0.05, 0.1) is 17.1 Å². The second-order valence-corrected chi connectivity index (χ2v) is 5.30. The number of amides is 1. The topological polar surface area (TPSA) is 80.9 Å². The Labute approximate surface area is 127 Å². The Morgan fingerprint density at radius 1 is 1.48 bits per heavy atom. The summed E-state index contributed by atoms with van der Waals surface area (Å²) in [6, 6.07) is 1.71. The first kappa shape index (κ1) is 15.2. The van der Waals surface area contributed by atoms with E-state index in [1.165, 1.54) is 6.20 Å². The molecular formula is C15H16N4OS. The van der Waals surface area contributed by atoms with Gasteiger partial charge in [0.1, 0.15) is 0 Å². The minimum absolute atomic E-state index is 0.160. The van der Waals surface area contributed by atoms with E-state index in [0.717, 1.165) is 17.1 Å². The van der Waals surface area contributed by atoms with Crippen LogP contribution in [0.25, 0.3) is 0 Å². The van der Waals surface area contributed by atoms with Gasteiger partial charge in [0, 0.05) is 42.0 Å². The molecule has 108 valence electrons. The van der Waals surface area contributed by atoms with E-state index < -0.39 is 0 Å². The Balaban J connectivity index is 1.91. The molecule has 0 spiro atoms. The zero-order valence-electron chi connectivity index (χ0n) is 11.7. The molecule has 1 amide bonds. The van der Waals surface area contributed by atoms with Gasteiger partial charge in [-0.3, -0.25) is 9.78 Å². The summed E-state index contributed by atoms with van der Waals surface area (Å²) in [7, 11) is 0. The average molecular weight is 300 g/mol. The Kier molecular flexibility index (Phi) is 5.43. The van der Waals surface area contributed by atoms with Gasteiger partial charge in [-0.15, -0.1) is 11.3 Å². The molecule has 2 heterocycles. The lowest BCUT2D eigenvalue weighted by molar-refractivity contribution is 0.0953. The first-order valence-corrected chi connectivity index (χ1v) is 7.40. The second-order valence-electron chi connectivity index (χ2n) is 4.36. The standard InChI is InChI=1S/C15H16N4OS/c1-11-10-21-14(19-11)4-6-18-15(20)13-7-12(3-2-5-16)8-17-9-13/h7-10H,4-6,16H2,1H3,(H,18,20).